The number of piperidine rings is 1. The molecule has 0 bridgehead atoms. The second kappa shape index (κ2) is 5.53. The summed E-state index contributed by atoms with van der Waals surface area (Å²) in [5.74, 6) is 0. The van der Waals surface area contributed by atoms with Crippen molar-refractivity contribution in [2.75, 3.05) is 19.6 Å². The summed E-state index contributed by atoms with van der Waals surface area (Å²) in [4.78, 5) is 14.0. The van der Waals surface area contributed by atoms with Crippen LogP contribution in [0.5, 0.6) is 0 Å². The molecule has 1 heterocycles. The maximum atomic E-state index is 12.1. The molecule has 0 saturated carbocycles. The van der Waals surface area contributed by atoms with Gasteiger partial charge >= 0.3 is 6.03 Å². The van der Waals surface area contributed by atoms with Crippen LogP contribution in [-0.4, -0.2) is 42.1 Å². The maximum absolute atomic E-state index is 12.1. The zero-order valence-electron chi connectivity index (χ0n) is 11.0. The van der Waals surface area contributed by atoms with Gasteiger partial charge in [-0.25, -0.2) is 4.79 Å². The van der Waals surface area contributed by atoms with Crippen LogP contribution in [0, 0.1) is 0 Å². The van der Waals surface area contributed by atoms with E-state index >= 15 is 0 Å². The van der Waals surface area contributed by atoms with E-state index in [1.807, 2.05) is 32.6 Å². The van der Waals surface area contributed by atoms with E-state index in [-0.39, 0.29) is 11.6 Å². The van der Waals surface area contributed by atoms with Crippen molar-refractivity contribution in [3.63, 3.8) is 0 Å². The van der Waals surface area contributed by atoms with Gasteiger partial charge in [-0.1, -0.05) is 0 Å². The highest BCUT2D eigenvalue weighted by Crippen LogP contribution is 2.11. The lowest BCUT2D eigenvalue weighted by atomic mass is 10.1. The lowest BCUT2D eigenvalue weighted by Crippen LogP contribution is -2.55. The number of urea groups is 1. The van der Waals surface area contributed by atoms with E-state index in [1.165, 1.54) is 0 Å². The summed E-state index contributed by atoms with van der Waals surface area (Å²) < 4.78 is 0. The van der Waals surface area contributed by atoms with Crippen molar-refractivity contribution in [2.24, 2.45) is 0 Å². The molecule has 1 aliphatic rings. The molecule has 1 atom stereocenters. The Balaban J connectivity index is 2.55. The minimum Gasteiger partial charge on any atom is -0.333 e. The van der Waals surface area contributed by atoms with E-state index in [0.29, 0.717) is 6.04 Å². The summed E-state index contributed by atoms with van der Waals surface area (Å²) in [5, 5.41) is 6.37. The van der Waals surface area contributed by atoms with Crippen molar-refractivity contribution in [3.8, 4) is 0 Å². The zero-order valence-corrected chi connectivity index (χ0v) is 11.0. The van der Waals surface area contributed by atoms with Crippen molar-refractivity contribution >= 4 is 6.03 Å². The highest BCUT2D eigenvalue weighted by Gasteiger charge is 2.26. The highest BCUT2D eigenvalue weighted by atomic mass is 16.2. The van der Waals surface area contributed by atoms with E-state index in [4.69, 9.17) is 0 Å². The minimum absolute atomic E-state index is 0.0590. The van der Waals surface area contributed by atoms with Gasteiger partial charge in [0, 0.05) is 24.7 Å². The SMILES string of the molecule is CCN(C(=O)NC(C)(C)C)C1CCCNC1. The van der Waals surface area contributed by atoms with Gasteiger partial charge in [0.1, 0.15) is 0 Å². The Hall–Kier alpha value is -0.770. The van der Waals surface area contributed by atoms with Gasteiger partial charge < -0.3 is 15.5 Å². The fraction of sp³-hybridized carbons (Fsp3) is 0.917. The number of nitrogens with zero attached hydrogens (tertiary/aromatic N) is 1. The molecule has 1 saturated heterocycles. The van der Waals surface area contributed by atoms with Crippen molar-refractivity contribution in [3.05, 3.63) is 0 Å². The first kappa shape index (κ1) is 13.3. The molecule has 0 spiro atoms. The molecule has 1 fully saturated rings. The van der Waals surface area contributed by atoms with Crippen molar-refractivity contribution < 1.29 is 4.79 Å². The lowest BCUT2D eigenvalue weighted by molar-refractivity contribution is 0.157. The largest absolute Gasteiger partial charge is 0.333 e. The molecule has 0 aromatic carbocycles. The first-order valence-corrected chi connectivity index (χ1v) is 6.23. The molecule has 0 aromatic rings. The van der Waals surface area contributed by atoms with Gasteiger partial charge in [0.15, 0.2) is 0 Å². The van der Waals surface area contributed by atoms with Crippen LogP contribution in [0.4, 0.5) is 4.79 Å². The van der Waals surface area contributed by atoms with Crippen LogP contribution in [0.3, 0.4) is 0 Å². The lowest BCUT2D eigenvalue weighted by Gasteiger charge is -2.36. The van der Waals surface area contributed by atoms with Crippen LogP contribution in [0.1, 0.15) is 40.5 Å². The number of likely N-dealkylation sites (N-methyl/N-ethyl adjacent to an activating group) is 1. The Morgan fingerprint density at radius 1 is 1.50 bits per heavy atom. The molecule has 4 nitrogen and oxygen atoms in total. The first-order chi connectivity index (χ1) is 7.44. The molecule has 1 rings (SSSR count). The van der Waals surface area contributed by atoms with Crippen molar-refractivity contribution in [1.29, 1.82) is 0 Å². The quantitative estimate of drug-likeness (QED) is 0.752. The molecule has 1 unspecified atom stereocenters. The topological polar surface area (TPSA) is 44.4 Å². The molecular formula is C12H25N3O. The van der Waals surface area contributed by atoms with E-state index in [9.17, 15) is 4.79 Å². The standard InChI is InChI=1S/C12H25N3O/c1-5-15(10-7-6-8-13-9-10)11(16)14-12(2,3)4/h10,13H,5-9H2,1-4H3,(H,14,16). The maximum Gasteiger partial charge on any atom is 0.318 e. The third kappa shape index (κ3) is 4.00. The van der Waals surface area contributed by atoms with Crippen LogP contribution in [0.15, 0.2) is 0 Å². The van der Waals surface area contributed by atoms with Gasteiger partial charge in [0.2, 0.25) is 0 Å². The molecule has 2 amide bonds. The number of rotatable bonds is 2. The number of hydrogen-bond donors (Lipinski definition) is 2. The monoisotopic (exact) mass is 227 g/mol. The van der Waals surface area contributed by atoms with E-state index < -0.39 is 0 Å². The normalized spacial score (nSPS) is 21.6. The third-order valence-corrected chi connectivity index (χ3v) is 2.80. The third-order valence-electron chi connectivity index (χ3n) is 2.80. The summed E-state index contributed by atoms with van der Waals surface area (Å²) in [6.07, 6.45) is 2.27. The van der Waals surface area contributed by atoms with Crippen LogP contribution in [-0.2, 0) is 0 Å². The van der Waals surface area contributed by atoms with Gasteiger partial charge in [0.25, 0.3) is 0 Å². The molecule has 4 heteroatoms. The Kier molecular flexibility index (Phi) is 4.59. The fourth-order valence-corrected chi connectivity index (χ4v) is 2.06. The predicted octanol–water partition coefficient (Wildman–Crippen LogP) is 1.57. The summed E-state index contributed by atoms with van der Waals surface area (Å²) in [5.41, 5.74) is -0.160. The zero-order chi connectivity index (χ0) is 12.2. The molecule has 1 aliphatic heterocycles. The van der Waals surface area contributed by atoms with Gasteiger partial charge in [-0.2, -0.15) is 0 Å². The smallest absolute Gasteiger partial charge is 0.318 e. The van der Waals surface area contributed by atoms with E-state index in [2.05, 4.69) is 10.6 Å². The summed E-state index contributed by atoms with van der Waals surface area (Å²) in [6.45, 7) is 10.8. The van der Waals surface area contributed by atoms with Gasteiger partial charge in [-0.05, 0) is 47.1 Å². The van der Waals surface area contributed by atoms with Crippen molar-refractivity contribution in [2.45, 2.75) is 52.1 Å². The molecule has 94 valence electrons. The second-order valence-electron chi connectivity index (χ2n) is 5.47. The van der Waals surface area contributed by atoms with Crippen LogP contribution < -0.4 is 10.6 Å². The number of nitrogens with one attached hydrogen (secondary N) is 2. The van der Waals surface area contributed by atoms with E-state index in [0.717, 1.165) is 32.5 Å². The van der Waals surface area contributed by atoms with Gasteiger partial charge in [-0.15, -0.1) is 0 Å². The molecule has 16 heavy (non-hydrogen) atoms. The Bertz CT molecular complexity index is 229. The summed E-state index contributed by atoms with van der Waals surface area (Å²) >= 11 is 0. The first-order valence-electron chi connectivity index (χ1n) is 6.23. The Labute approximate surface area is 98.8 Å². The number of carbonyl (C=O) groups is 1. The number of hydrogen-bond acceptors (Lipinski definition) is 2. The van der Waals surface area contributed by atoms with Crippen LogP contribution in [0.2, 0.25) is 0 Å². The second-order valence-corrected chi connectivity index (χ2v) is 5.47. The van der Waals surface area contributed by atoms with Crippen LogP contribution >= 0.6 is 0 Å². The Morgan fingerprint density at radius 3 is 2.62 bits per heavy atom. The minimum atomic E-state index is -0.160. The predicted molar refractivity (Wildman–Crippen MR) is 66.6 cm³/mol. The summed E-state index contributed by atoms with van der Waals surface area (Å²) in [7, 11) is 0. The highest BCUT2D eigenvalue weighted by molar-refractivity contribution is 5.75. The molecular weight excluding hydrogens is 202 g/mol. The van der Waals surface area contributed by atoms with Crippen LogP contribution in [0.25, 0.3) is 0 Å². The number of amides is 2. The molecule has 0 radical (unpaired) electrons. The van der Waals surface area contributed by atoms with Gasteiger partial charge in [0.05, 0.1) is 0 Å². The number of carbonyl (C=O) groups excluding carboxylic acids is 1. The average Bonchev–Trinajstić information content (AvgIpc) is 2.17. The molecule has 0 aliphatic carbocycles. The van der Waals surface area contributed by atoms with Crippen molar-refractivity contribution in [1.82, 2.24) is 15.5 Å². The summed E-state index contributed by atoms with van der Waals surface area (Å²) in [6, 6.07) is 0.407. The molecule has 2 N–H and O–H groups in total. The average molecular weight is 227 g/mol. The molecule has 0 aromatic heterocycles. The van der Waals surface area contributed by atoms with Gasteiger partial charge in [-0.3, -0.25) is 0 Å². The fourth-order valence-electron chi connectivity index (χ4n) is 2.06. The van der Waals surface area contributed by atoms with E-state index in [1.54, 1.807) is 0 Å². The Morgan fingerprint density at radius 2 is 2.19 bits per heavy atom.